The van der Waals surface area contributed by atoms with Gasteiger partial charge in [-0.15, -0.1) is 11.3 Å². The van der Waals surface area contributed by atoms with Crippen molar-refractivity contribution in [3.05, 3.63) is 46.1 Å². The number of benzene rings is 1. The molecule has 0 radical (unpaired) electrons. The van der Waals surface area contributed by atoms with Gasteiger partial charge in [0.2, 0.25) is 0 Å². The third-order valence-electron chi connectivity index (χ3n) is 4.56. The lowest BCUT2D eigenvalue weighted by Crippen LogP contribution is -3.11. The summed E-state index contributed by atoms with van der Waals surface area (Å²) < 4.78 is 18.9. The quantitative estimate of drug-likeness (QED) is 0.685. The molecule has 1 unspecified atom stereocenters. The highest BCUT2D eigenvalue weighted by Crippen LogP contribution is 2.35. The topological polar surface area (TPSA) is 71.9 Å². The smallest absolute Gasteiger partial charge is 0.341 e. The lowest BCUT2D eigenvalue weighted by atomic mass is 10.0. The summed E-state index contributed by atoms with van der Waals surface area (Å²) in [5, 5.41) is 5.64. The molecule has 0 aliphatic carbocycles. The minimum absolute atomic E-state index is 0.0793. The van der Waals surface area contributed by atoms with Crippen LogP contribution in [0.2, 0.25) is 0 Å². The van der Waals surface area contributed by atoms with Gasteiger partial charge < -0.3 is 15.0 Å². The summed E-state index contributed by atoms with van der Waals surface area (Å²) >= 11 is 1.39. The summed E-state index contributed by atoms with van der Waals surface area (Å²) in [7, 11) is 0. The molecule has 0 spiro atoms. The fraction of sp³-hybridized carbons (Fsp3) is 0.368. The lowest BCUT2D eigenvalue weighted by molar-refractivity contribution is -0.913. The molecule has 1 aromatic carbocycles. The van der Waals surface area contributed by atoms with E-state index in [1.807, 2.05) is 0 Å². The van der Waals surface area contributed by atoms with Crippen LogP contribution in [0.1, 0.15) is 34.6 Å². The van der Waals surface area contributed by atoms with Crippen LogP contribution in [0.15, 0.2) is 24.3 Å². The molecule has 144 valence electrons. The summed E-state index contributed by atoms with van der Waals surface area (Å²) in [6.45, 7) is 6.89. The van der Waals surface area contributed by atoms with Crippen molar-refractivity contribution >= 4 is 34.0 Å². The van der Waals surface area contributed by atoms with Crippen LogP contribution in [0.5, 0.6) is 0 Å². The Labute approximate surface area is 161 Å². The maximum atomic E-state index is 13.7. The van der Waals surface area contributed by atoms with Gasteiger partial charge in [0.15, 0.2) is 0 Å². The number of nitrogens with one attached hydrogen (secondary N) is 3. The van der Waals surface area contributed by atoms with E-state index < -0.39 is 17.8 Å². The third-order valence-corrected chi connectivity index (χ3v) is 5.71. The molecular formula is C19H23FN3O3S+. The molecule has 3 rings (SSSR count). The van der Waals surface area contributed by atoms with Crippen LogP contribution in [0.3, 0.4) is 0 Å². The first-order chi connectivity index (χ1) is 13.0. The van der Waals surface area contributed by atoms with Crippen LogP contribution in [-0.2, 0) is 17.7 Å². The van der Waals surface area contributed by atoms with E-state index in [4.69, 9.17) is 4.74 Å². The highest BCUT2D eigenvalue weighted by Gasteiger charge is 2.30. The van der Waals surface area contributed by atoms with Crippen LogP contribution in [0.25, 0.3) is 0 Å². The number of ether oxygens (including phenoxy) is 1. The van der Waals surface area contributed by atoms with Crippen molar-refractivity contribution in [3.63, 3.8) is 0 Å². The molecule has 8 heteroatoms. The molecule has 0 saturated carbocycles. The van der Waals surface area contributed by atoms with E-state index in [2.05, 4.69) is 17.6 Å². The van der Waals surface area contributed by atoms with E-state index >= 15 is 0 Å². The number of quaternary nitrogens is 1. The van der Waals surface area contributed by atoms with E-state index in [1.54, 1.807) is 19.1 Å². The normalized spacial score (nSPS) is 15.7. The first-order valence-electron chi connectivity index (χ1n) is 9.01. The highest BCUT2D eigenvalue weighted by atomic mass is 32.1. The zero-order chi connectivity index (χ0) is 19.4. The number of urea groups is 1. The Bertz CT molecular complexity index is 853. The Morgan fingerprint density at radius 3 is 2.74 bits per heavy atom. The van der Waals surface area contributed by atoms with Gasteiger partial charge in [-0.25, -0.2) is 14.0 Å². The number of hydrogen-bond acceptors (Lipinski definition) is 4. The summed E-state index contributed by atoms with van der Waals surface area (Å²) in [5.74, 6) is -0.956. The van der Waals surface area contributed by atoms with E-state index in [0.717, 1.165) is 36.5 Å². The fourth-order valence-electron chi connectivity index (χ4n) is 3.16. The Morgan fingerprint density at radius 1 is 1.26 bits per heavy atom. The number of hydrogen-bond donors (Lipinski definition) is 3. The second-order valence-electron chi connectivity index (χ2n) is 6.27. The first kappa shape index (κ1) is 19.3. The Balaban J connectivity index is 1.85. The standard InChI is InChI=1S/C19H22FN3O3S/c1-3-23-10-9-12-15(11-23)27-17(16(12)18(24)26-4-2)22-19(25)21-14-8-6-5-7-13(14)20/h5-8H,3-4,9-11H2,1-2H3,(H2,21,22,25)/p+1. The molecule has 0 saturated heterocycles. The molecule has 0 bridgehead atoms. The van der Waals surface area contributed by atoms with Crippen molar-refractivity contribution < 1.29 is 23.6 Å². The summed E-state index contributed by atoms with van der Waals surface area (Å²) in [4.78, 5) is 27.4. The first-order valence-corrected chi connectivity index (χ1v) is 9.82. The van der Waals surface area contributed by atoms with E-state index in [1.165, 1.54) is 28.4 Å². The third kappa shape index (κ3) is 4.28. The van der Waals surface area contributed by atoms with Gasteiger partial charge in [-0.2, -0.15) is 0 Å². The Morgan fingerprint density at radius 2 is 2.04 bits per heavy atom. The Kier molecular flexibility index (Phi) is 6.08. The lowest BCUT2D eigenvalue weighted by Gasteiger charge is -2.22. The number of anilines is 2. The maximum absolute atomic E-state index is 13.7. The number of esters is 1. The van der Waals surface area contributed by atoms with Crippen LogP contribution in [0.4, 0.5) is 19.9 Å². The molecule has 1 aromatic heterocycles. The monoisotopic (exact) mass is 392 g/mol. The van der Waals surface area contributed by atoms with Gasteiger partial charge in [-0.1, -0.05) is 12.1 Å². The fourth-order valence-corrected chi connectivity index (χ4v) is 4.47. The van der Waals surface area contributed by atoms with Gasteiger partial charge >= 0.3 is 12.0 Å². The van der Waals surface area contributed by atoms with Crippen LogP contribution >= 0.6 is 11.3 Å². The number of halogens is 1. The minimum atomic E-state index is -0.594. The minimum Gasteiger partial charge on any atom is -0.462 e. The second kappa shape index (κ2) is 8.49. The molecular weight excluding hydrogens is 369 g/mol. The molecule has 3 N–H and O–H groups in total. The second-order valence-corrected chi connectivity index (χ2v) is 7.37. The number of likely N-dealkylation sites (N-methyl/N-ethyl adjacent to an activating group) is 1. The van der Waals surface area contributed by atoms with E-state index in [-0.39, 0.29) is 12.3 Å². The molecule has 27 heavy (non-hydrogen) atoms. The number of rotatable bonds is 5. The highest BCUT2D eigenvalue weighted by molar-refractivity contribution is 7.17. The number of fused-ring (bicyclic) bond motifs is 1. The molecule has 1 atom stereocenters. The maximum Gasteiger partial charge on any atom is 0.341 e. The zero-order valence-electron chi connectivity index (χ0n) is 15.4. The van der Waals surface area contributed by atoms with Crippen molar-refractivity contribution in [2.45, 2.75) is 26.8 Å². The van der Waals surface area contributed by atoms with Gasteiger partial charge in [-0.05, 0) is 31.5 Å². The van der Waals surface area contributed by atoms with Crippen molar-refractivity contribution in [3.8, 4) is 0 Å². The average Bonchev–Trinajstić information content (AvgIpc) is 3.00. The van der Waals surface area contributed by atoms with Gasteiger partial charge in [0.25, 0.3) is 0 Å². The molecule has 0 fully saturated rings. The van der Waals surface area contributed by atoms with Crippen molar-refractivity contribution in [1.29, 1.82) is 0 Å². The van der Waals surface area contributed by atoms with Crippen LogP contribution in [0, 0.1) is 5.82 Å². The van der Waals surface area contributed by atoms with Crippen LogP contribution < -0.4 is 15.5 Å². The summed E-state index contributed by atoms with van der Waals surface area (Å²) in [6, 6.07) is 5.33. The predicted octanol–water partition coefficient (Wildman–Crippen LogP) is 2.67. The average molecular weight is 392 g/mol. The number of thiophene rings is 1. The SMILES string of the molecule is CCOC(=O)c1c(NC(=O)Nc2ccccc2F)sc2c1CC[NH+](CC)C2. The van der Waals surface area contributed by atoms with Crippen LogP contribution in [-0.4, -0.2) is 31.7 Å². The number of carbonyl (C=O) groups excluding carboxylic acids is 2. The van der Waals surface area contributed by atoms with Crippen molar-refractivity contribution in [1.82, 2.24) is 0 Å². The molecule has 2 aromatic rings. The van der Waals surface area contributed by atoms with Crippen molar-refractivity contribution in [2.75, 3.05) is 30.3 Å². The van der Waals surface area contributed by atoms with Gasteiger partial charge in [0.1, 0.15) is 17.4 Å². The summed E-state index contributed by atoms with van der Waals surface area (Å²) in [6.07, 6.45) is 0.764. The molecule has 1 aliphatic heterocycles. The molecule has 1 aliphatic rings. The number of para-hydroxylation sites is 1. The van der Waals surface area contributed by atoms with E-state index in [9.17, 15) is 14.0 Å². The van der Waals surface area contributed by atoms with Gasteiger partial charge in [0, 0.05) is 6.42 Å². The van der Waals surface area contributed by atoms with Crippen molar-refractivity contribution in [2.24, 2.45) is 0 Å². The van der Waals surface area contributed by atoms with E-state index in [0.29, 0.717) is 10.6 Å². The number of amides is 2. The molecule has 2 amide bonds. The number of carbonyl (C=O) groups is 2. The Hall–Kier alpha value is -2.45. The largest absolute Gasteiger partial charge is 0.462 e. The molecule has 6 nitrogen and oxygen atoms in total. The zero-order valence-corrected chi connectivity index (χ0v) is 16.2. The molecule has 2 heterocycles. The van der Waals surface area contributed by atoms with Gasteiger partial charge in [-0.3, -0.25) is 5.32 Å². The summed E-state index contributed by atoms with van der Waals surface area (Å²) in [5.41, 5.74) is 1.46. The van der Waals surface area contributed by atoms with Gasteiger partial charge in [0.05, 0.1) is 35.8 Å². The predicted molar refractivity (Wildman–Crippen MR) is 103 cm³/mol.